The summed E-state index contributed by atoms with van der Waals surface area (Å²) in [4.78, 5) is 19.4. The maximum absolute atomic E-state index is 10.8. The number of aliphatic carboxylic acids is 1. The molecule has 0 amide bonds. The second-order valence-electron chi connectivity index (χ2n) is 5.99. The molecule has 1 aliphatic heterocycles. The number of nitrogens with two attached hydrogens (primary N) is 2. The molecule has 3 rings (SSSR count). The van der Waals surface area contributed by atoms with Gasteiger partial charge >= 0.3 is 5.97 Å². The second-order valence-corrected chi connectivity index (χ2v) is 5.99. The van der Waals surface area contributed by atoms with E-state index in [0.717, 1.165) is 0 Å². The van der Waals surface area contributed by atoms with Crippen molar-refractivity contribution in [3.05, 3.63) is 34.9 Å². The fourth-order valence-electron chi connectivity index (χ4n) is 2.94. The van der Waals surface area contributed by atoms with Crippen LogP contribution in [0.4, 0.5) is 17.3 Å². The van der Waals surface area contributed by atoms with E-state index >= 15 is 0 Å². The van der Waals surface area contributed by atoms with Crippen molar-refractivity contribution < 1.29 is 19.4 Å². The Hall–Kier alpha value is -4.71. The number of ether oxygens (including phenoxy) is 2. The van der Waals surface area contributed by atoms with Crippen molar-refractivity contribution >= 4 is 29.3 Å². The van der Waals surface area contributed by atoms with E-state index < -0.39 is 18.6 Å². The number of aliphatic imine (C=N–C) groups is 1. The van der Waals surface area contributed by atoms with E-state index in [9.17, 15) is 10.1 Å². The summed E-state index contributed by atoms with van der Waals surface area (Å²) in [5, 5.41) is 32.4. The van der Waals surface area contributed by atoms with Gasteiger partial charge in [-0.2, -0.15) is 10.5 Å². The molecule has 0 spiro atoms. The molecule has 0 fully saturated rings. The molecule has 1 atom stereocenters. The fraction of sp³-hybridized carbons (Fsp3) is 0.167. The maximum Gasteiger partial charge on any atom is 0.341 e. The van der Waals surface area contributed by atoms with Crippen LogP contribution in [0.2, 0.25) is 0 Å². The third kappa shape index (κ3) is 3.65. The Labute approximate surface area is 170 Å². The van der Waals surface area contributed by atoms with E-state index in [1.165, 1.54) is 13.2 Å². The van der Waals surface area contributed by atoms with Crippen molar-refractivity contribution in [3.8, 4) is 23.8 Å². The van der Waals surface area contributed by atoms with Gasteiger partial charge in [-0.1, -0.05) is 6.07 Å². The van der Waals surface area contributed by atoms with Crippen LogP contribution in [-0.2, 0) is 4.79 Å². The Balaban J connectivity index is 2.14. The quantitative estimate of drug-likeness (QED) is 0.341. The first-order valence-corrected chi connectivity index (χ1v) is 8.41. The van der Waals surface area contributed by atoms with Crippen molar-refractivity contribution in [2.24, 2.45) is 4.99 Å². The molecular weight excluding hydrogens is 392 g/mol. The number of carboxylic acids is 1. The Bertz CT molecular complexity index is 1130. The number of nitrogens with zero attached hydrogens (tertiary/aromatic N) is 4. The minimum atomic E-state index is -1.13. The number of methoxy groups -OCH3 is 1. The molecule has 1 aromatic carbocycles. The van der Waals surface area contributed by atoms with E-state index in [4.69, 9.17) is 31.3 Å². The van der Waals surface area contributed by atoms with Gasteiger partial charge in [0.15, 0.2) is 24.3 Å². The number of carbonyl (C=O) groups is 1. The third-order valence-electron chi connectivity index (χ3n) is 4.21. The predicted octanol–water partition coefficient (Wildman–Crippen LogP) is 0.531. The first-order valence-electron chi connectivity index (χ1n) is 8.41. The molecule has 7 N–H and O–H groups in total. The Morgan fingerprint density at radius 2 is 2.13 bits per heavy atom. The molecule has 12 heteroatoms. The molecule has 30 heavy (non-hydrogen) atoms. The lowest BCUT2D eigenvalue weighted by Crippen LogP contribution is -2.32. The van der Waals surface area contributed by atoms with Crippen LogP contribution in [0.25, 0.3) is 0 Å². The van der Waals surface area contributed by atoms with Crippen LogP contribution in [0.5, 0.6) is 11.5 Å². The Morgan fingerprint density at radius 3 is 2.77 bits per heavy atom. The lowest BCUT2D eigenvalue weighted by atomic mass is 9.95. The third-order valence-corrected chi connectivity index (χ3v) is 4.21. The van der Waals surface area contributed by atoms with Gasteiger partial charge in [0, 0.05) is 5.56 Å². The van der Waals surface area contributed by atoms with Crippen LogP contribution in [-0.4, -0.2) is 35.7 Å². The van der Waals surface area contributed by atoms with Gasteiger partial charge in [0.25, 0.3) is 0 Å². The van der Waals surface area contributed by atoms with Gasteiger partial charge in [0.05, 0.1) is 12.8 Å². The van der Waals surface area contributed by atoms with E-state index in [0.29, 0.717) is 11.1 Å². The molecule has 2 aromatic rings. The molecule has 0 aliphatic carbocycles. The van der Waals surface area contributed by atoms with Crippen molar-refractivity contribution in [3.63, 3.8) is 0 Å². The van der Waals surface area contributed by atoms with Crippen molar-refractivity contribution in [1.82, 2.24) is 10.3 Å². The highest BCUT2D eigenvalue weighted by Crippen LogP contribution is 2.42. The molecule has 0 saturated heterocycles. The second kappa shape index (κ2) is 8.12. The van der Waals surface area contributed by atoms with Gasteiger partial charge in [0.2, 0.25) is 5.96 Å². The van der Waals surface area contributed by atoms with Crippen LogP contribution in [0.3, 0.4) is 0 Å². The number of rotatable bonds is 5. The van der Waals surface area contributed by atoms with E-state index in [1.807, 2.05) is 6.07 Å². The number of pyridine rings is 1. The van der Waals surface area contributed by atoms with Crippen LogP contribution >= 0.6 is 0 Å². The van der Waals surface area contributed by atoms with Gasteiger partial charge in [-0.15, -0.1) is 0 Å². The molecule has 0 saturated carbocycles. The summed E-state index contributed by atoms with van der Waals surface area (Å²) in [7, 11) is 1.40. The first kappa shape index (κ1) is 20.0. The number of benzene rings is 1. The number of nitriles is 2. The van der Waals surface area contributed by atoms with E-state index in [1.54, 1.807) is 18.3 Å². The number of carboxylic acid groups (broad SMARTS) is 1. The normalized spacial score (nSPS) is 14.2. The van der Waals surface area contributed by atoms with Crippen molar-refractivity contribution in [1.29, 1.82) is 10.5 Å². The summed E-state index contributed by atoms with van der Waals surface area (Å²) >= 11 is 0. The first-order chi connectivity index (χ1) is 14.4. The molecule has 1 aromatic heterocycles. The number of nitrogen functional groups attached to an aromatic ring is 2. The van der Waals surface area contributed by atoms with E-state index in [2.05, 4.69) is 20.6 Å². The Morgan fingerprint density at radius 1 is 1.37 bits per heavy atom. The maximum atomic E-state index is 10.8. The smallest absolute Gasteiger partial charge is 0.341 e. The number of anilines is 3. The van der Waals surface area contributed by atoms with Crippen LogP contribution in [0.15, 0.2) is 23.2 Å². The number of aromatic nitrogens is 1. The zero-order valence-corrected chi connectivity index (χ0v) is 15.6. The summed E-state index contributed by atoms with van der Waals surface area (Å²) in [5.41, 5.74) is 13.1. The van der Waals surface area contributed by atoms with Crippen LogP contribution in [0, 0.1) is 22.8 Å². The van der Waals surface area contributed by atoms with Crippen molar-refractivity contribution in [2.45, 2.75) is 6.04 Å². The van der Waals surface area contributed by atoms with Gasteiger partial charge in [-0.25, -0.2) is 14.8 Å². The average molecular weight is 408 g/mol. The topological polar surface area (TPSA) is 205 Å². The summed E-state index contributed by atoms with van der Waals surface area (Å²) in [5.74, 6) is -0.360. The molecule has 2 heterocycles. The monoisotopic (exact) mass is 408 g/mol. The van der Waals surface area contributed by atoms with Crippen LogP contribution < -0.4 is 31.6 Å². The Kier molecular flexibility index (Phi) is 5.42. The highest BCUT2D eigenvalue weighted by atomic mass is 16.5. The number of guanidine groups is 1. The highest BCUT2D eigenvalue weighted by molar-refractivity contribution is 5.98. The number of hydrogen-bond acceptors (Lipinski definition) is 11. The largest absolute Gasteiger partial charge is 0.493 e. The predicted molar refractivity (Wildman–Crippen MR) is 106 cm³/mol. The summed E-state index contributed by atoms with van der Waals surface area (Å²) in [6, 6.07) is 5.91. The molecule has 152 valence electrons. The fourth-order valence-corrected chi connectivity index (χ4v) is 2.94. The minimum absolute atomic E-state index is 0.0146. The summed E-state index contributed by atoms with van der Waals surface area (Å²) < 4.78 is 10.5. The number of nitrogens with one attached hydrogen (secondary N) is 2. The lowest BCUT2D eigenvalue weighted by Gasteiger charge is -2.26. The SMILES string of the molecule is COc1cc(C2N=C(NC#N)Nc3nc(N)c(C#N)c(N)c32)ccc1OCC(=O)O. The van der Waals surface area contributed by atoms with Gasteiger partial charge < -0.3 is 31.4 Å². The van der Waals surface area contributed by atoms with Gasteiger partial charge in [-0.05, 0) is 17.7 Å². The molecular formula is C18H16N8O4. The number of hydrogen-bond donors (Lipinski definition) is 5. The van der Waals surface area contributed by atoms with Gasteiger partial charge in [-0.3, -0.25) is 5.32 Å². The molecule has 0 bridgehead atoms. The summed E-state index contributed by atoms with van der Waals surface area (Å²) in [6.45, 7) is -0.540. The highest BCUT2D eigenvalue weighted by Gasteiger charge is 2.30. The van der Waals surface area contributed by atoms with Crippen LogP contribution in [0.1, 0.15) is 22.7 Å². The zero-order chi connectivity index (χ0) is 21.8. The minimum Gasteiger partial charge on any atom is -0.493 e. The average Bonchev–Trinajstić information content (AvgIpc) is 2.71. The van der Waals surface area contributed by atoms with Gasteiger partial charge in [0.1, 0.15) is 29.3 Å². The lowest BCUT2D eigenvalue weighted by molar-refractivity contribution is -0.139. The number of fused-ring (bicyclic) bond motifs is 1. The molecule has 0 radical (unpaired) electrons. The van der Waals surface area contributed by atoms with Crippen molar-refractivity contribution in [2.75, 3.05) is 30.5 Å². The zero-order valence-electron chi connectivity index (χ0n) is 15.6. The summed E-state index contributed by atoms with van der Waals surface area (Å²) in [6.07, 6.45) is 1.76. The molecule has 1 unspecified atom stereocenters. The molecule has 12 nitrogen and oxygen atoms in total. The standard InChI is InChI=1S/C18H16N8O4/c1-29-11-4-8(2-3-10(11)30-6-12(27)28)15-13-14(21)9(5-19)16(22)25-17(13)26-18(24-15)23-7-20/h2-4,15H,6H2,1H3,(H,27,28)(H6,21,22,23,24,25,26). The van der Waals surface area contributed by atoms with E-state index in [-0.39, 0.29) is 40.3 Å². The molecule has 1 aliphatic rings.